The summed E-state index contributed by atoms with van der Waals surface area (Å²) in [5.41, 5.74) is 0.390. The van der Waals surface area contributed by atoms with Crippen LogP contribution < -0.4 is 4.74 Å². The molecule has 2 saturated carbocycles. The van der Waals surface area contributed by atoms with E-state index in [-0.39, 0.29) is 41.3 Å². The van der Waals surface area contributed by atoms with Gasteiger partial charge < -0.3 is 9.47 Å². The molecule has 2 aliphatic carbocycles. The van der Waals surface area contributed by atoms with Crippen LogP contribution in [-0.4, -0.2) is 48.2 Å². The zero-order valence-electron chi connectivity index (χ0n) is 15.9. The number of ketones is 1. The summed E-state index contributed by atoms with van der Waals surface area (Å²) in [4.78, 5) is 51.2. The van der Waals surface area contributed by atoms with Gasteiger partial charge >= 0.3 is 5.97 Å². The fourth-order valence-electron chi connectivity index (χ4n) is 5.04. The summed E-state index contributed by atoms with van der Waals surface area (Å²) < 4.78 is 10.2. The molecule has 4 rings (SSSR count). The molecule has 7 nitrogen and oxygen atoms in total. The van der Waals surface area contributed by atoms with Gasteiger partial charge in [0.15, 0.2) is 12.4 Å². The van der Waals surface area contributed by atoms with E-state index in [0.717, 1.165) is 24.2 Å². The van der Waals surface area contributed by atoms with Crippen molar-refractivity contribution >= 4 is 23.6 Å². The normalized spacial score (nSPS) is 29.0. The molecule has 3 aliphatic rings. The van der Waals surface area contributed by atoms with Gasteiger partial charge in [-0.15, -0.1) is 0 Å². The van der Waals surface area contributed by atoms with Gasteiger partial charge in [0.1, 0.15) is 11.8 Å². The van der Waals surface area contributed by atoms with Gasteiger partial charge in [0.25, 0.3) is 0 Å². The van der Waals surface area contributed by atoms with Crippen molar-refractivity contribution in [2.75, 3.05) is 13.7 Å². The van der Waals surface area contributed by atoms with E-state index in [0.29, 0.717) is 11.3 Å². The molecule has 1 aromatic rings. The first-order chi connectivity index (χ1) is 13.4. The molecule has 1 heterocycles. The van der Waals surface area contributed by atoms with Gasteiger partial charge in [-0.25, -0.2) is 4.79 Å². The lowest BCUT2D eigenvalue weighted by molar-refractivity contribution is -0.157. The average Bonchev–Trinajstić information content (AvgIpc) is 3.39. The maximum atomic E-state index is 12.8. The SMILES string of the molecule is COc1ccc(C(=O)COC(=O)[C@H](C)N2C(=O)[C@@H]3[C@H]4CC[C@@H](C4)[C@@H]3C2=O)cc1. The number of hydrogen-bond donors (Lipinski definition) is 0. The number of likely N-dealkylation sites (tertiary alicyclic amines) is 1. The number of carbonyl (C=O) groups is 4. The number of hydrogen-bond acceptors (Lipinski definition) is 6. The van der Waals surface area contributed by atoms with Crippen LogP contribution in [0.2, 0.25) is 0 Å². The number of imide groups is 1. The minimum absolute atomic E-state index is 0.256. The number of methoxy groups -OCH3 is 1. The third-order valence-corrected chi connectivity index (χ3v) is 6.45. The molecule has 0 unspecified atom stereocenters. The molecule has 7 heteroatoms. The van der Waals surface area contributed by atoms with Crippen molar-refractivity contribution in [2.45, 2.75) is 32.2 Å². The summed E-state index contributed by atoms with van der Waals surface area (Å²) in [6.45, 7) is 1.04. The Labute approximate surface area is 163 Å². The standard InChI is InChI=1S/C21H23NO6/c1-11(21(26)28-10-16(23)12-5-7-15(27-2)8-6-12)22-19(24)17-13-3-4-14(9-13)18(17)20(22)25/h5-8,11,13-14,17-18H,3-4,9-10H2,1-2H3/t11-,13-,14-,17-,18+/m0/s1. The zero-order valence-corrected chi connectivity index (χ0v) is 15.9. The largest absolute Gasteiger partial charge is 0.497 e. The van der Waals surface area contributed by atoms with E-state index in [1.54, 1.807) is 24.3 Å². The van der Waals surface area contributed by atoms with Crippen molar-refractivity contribution < 1.29 is 28.7 Å². The molecule has 0 aromatic heterocycles. The second-order valence-corrected chi connectivity index (χ2v) is 7.87. The van der Waals surface area contributed by atoms with Gasteiger partial charge in [0, 0.05) is 5.56 Å². The van der Waals surface area contributed by atoms with Crippen LogP contribution in [0.4, 0.5) is 0 Å². The molecule has 0 radical (unpaired) electrons. The molecule has 5 atom stereocenters. The summed E-state index contributed by atoms with van der Waals surface area (Å²) in [5.74, 6) is -1.03. The lowest BCUT2D eigenvalue weighted by Crippen LogP contribution is -2.45. The van der Waals surface area contributed by atoms with Gasteiger partial charge in [0.2, 0.25) is 11.8 Å². The smallest absolute Gasteiger partial charge is 0.329 e. The van der Waals surface area contributed by atoms with Crippen molar-refractivity contribution in [2.24, 2.45) is 23.7 Å². The van der Waals surface area contributed by atoms with Crippen molar-refractivity contribution in [3.8, 4) is 5.75 Å². The van der Waals surface area contributed by atoms with Crippen LogP contribution in [0.15, 0.2) is 24.3 Å². The minimum atomic E-state index is -1.02. The number of benzene rings is 1. The van der Waals surface area contributed by atoms with Gasteiger partial charge in [-0.1, -0.05) is 0 Å². The number of ether oxygens (including phenoxy) is 2. The van der Waals surface area contributed by atoms with Crippen LogP contribution in [0.25, 0.3) is 0 Å². The van der Waals surface area contributed by atoms with E-state index in [9.17, 15) is 19.2 Å². The summed E-state index contributed by atoms with van der Waals surface area (Å²) in [7, 11) is 1.53. The predicted molar refractivity (Wildman–Crippen MR) is 97.4 cm³/mol. The number of carbonyl (C=O) groups excluding carboxylic acids is 4. The van der Waals surface area contributed by atoms with Crippen LogP contribution in [0.5, 0.6) is 5.75 Å². The fourth-order valence-corrected chi connectivity index (χ4v) is 5.04. The molecular formula is C21H23NO6. The number of esters is 1. The highest BCUT2D eigenvalue weighted by Crippen LogP contribution is 2.56. The van der Waals surface area contributed by atoms with Crippen LogP contribution in [0.3, 0.4) is 0 Å². The molecule has 3 fully saturated rings. The Morgan fingerprint density at radius 2 is 1.64 bits per heavy atom. The van der Waals surface area contributed by atoms with Crippen LogP contribution in [-0.2, 0) is 19.1 Å². The van der Waals surface area contributed by atoms with E-state index in [2.05, 4.69) is 0 Å². The Balaban J connectivity index is 1.37. The Bertz CT molecular complexity index is 804. The highest BCUT2D eigenvalue weighted by atomic mass is 16.5. The number of amides is 2. The van der Waals surface area contributed by atoms with Gasteiger partial charge in [-0.2, -0.15) is 0 Å². The quantitative estimate of drug-likeness (QED) is 0.422. The summed E-state index contributed by atoms with van der Waals surface area (Å²) in [5, 5.41) is 0. The van der Waals surface area contributed by atoms with E-state index < -0.39 is 18.6 Å². The number of Topliss-reactive ketones (excluding diaryl/α,β-unsaturated/α-hetero) is 1. The highest BCUT2D eigenvalue weighted by Gasteiger charge is 2.62. The highest BCUT2D eigenvalue weighted by molar-refractivity contribution is 6.08. The molecule has 0 spiro atoms. The summed E-state index contributed by atoms with van der Waals surface area (Å²) >= 11 is 0. The molecule has 1 aromatic carbocycles. The molecule has 2 bridgehead atoms. The minimum Gasteiger partial charge on any atom is -0.497 e. The van der Waals surface area contributed by atoms with Crippen LogP contribution in [0, 0.1) is 23.7 Å². The Hall–Kier alpha value is -2.70. The first-order valence-corrected chi connectivity index (χ1v) is 9.63. The van der Waals surface area contributed by atoms with E-state index in [1.165, 1.54) is 14.0 Å². The van der Waals surface area contributed by atoms with Crippen LogP contribution in [0.1, 0.15) is 36.5 Å². The third kappa shape index (κ3) is 2.89. The second kappa shape index (κ2) is 7.04. The van der Waals surface area contributed by atoms with Crippen molar-refractivity contribution in [3.05, 3.63) is 29.8 Å². The monoisotopic (exact) mass is 385 g/mol. The van der Waals surface area contributed by atoms with Gasteiger partial charge in [0.05, 0.1) is 18.9 Å². The van der Waals surface area contributed by atoms with E-state index >= 15 is 0 Å². The molecule has 1 saturated heterocycles. The predicted octanol–water partition coefficient (Wildman–Crippen LogP) is 1.84. The Morgan fingerprint density at radius 1 is 1.07 bits per heavy atom. The Morgan fingerprint density at radius 3 is 2.18 bits per heavy atom. The first kappa shape index (κ1) is 18.7. The average molecular weight is 385 g/mol. The zero-order chi connectivity index (χ0) is 20.0. The summed E-state index contributed by atoms with van der Waals surface area (Å²) in [6.07, 6.45) is 2.90. The first-order valence-electron chi connectivity index (χ1n) is 9.63. The molecule has 28 heavy (non-hydrogen) atoms. The molecule has 0 N–H and O–H groups in total. The topological polar surface area (TPSA) is 90.0 Å². The van der Waals surface area contributed by atoms with Crippen molar-refractivity contribution in [1.29, 1.82) is 0 Å². The Kier molecular flexibility index (Phi) is 4.69. The maximum Gasteiger partial charge on any atom is 0.329 e. The van der Waals surface area contributed by atoms with E-state index in [4.69, 9.17) is 9.47 Å². The lowest BCUT2D eigenvalue weighted by Gasteiger charge is -2.22. The fraction of sp³-hybridized carbons (Fsp3) is 0.524. The molecular weight excluding hydrogens is 362 g/mol. The number of nitrogens with zero attached hydrogens (tertiary/aromatic N) is 1. The number of rotatable bonds is 6. The molecule has 2 amide bonds. The molecule has 1 aliphatic heterocycles. The van der Waals surface area contributed by atoms with Crippen molar-refractivity contribution in [3.63, 3.8) is 0 Å². The van der Waals surface area contributed by atoms with Crippen molar-refractivity contribution in [1.82, 2.24) is 4.90 Å². The van der Waals surface area contributed by atoms with Gasteiger partial charge in [-0.05, 0) is 62.3 Å². The third-order valence-electron chi connectivity index (χ3n) is 6.45. The maximum absolute atomic E-state index is 12.8. The number of fused-ring (bicyclic) bond motifs is 5. The van der Waals surface area contributed by atoms with Crippen LogP contribution >= 0.6 is 0 Å². The molecule has 148 valence electrons. The summed E-state index contributed by atoms with van der Waals surface area (Å²) in [6, 6.07) is 5.44. The second-order valence-electron chi connectivity index (χ2n) is 7.87. The lowest BCUT2D eigenvalue weighted by atomic mass is 9.81. The van der Waals surface area contributed by atoms with E-state index in [1.807, 2.05) is 0 Å². The van der Waals surface area contributed by atoms with Gasteiger partial charge in [-0.3, -0.25) is 19.3 Å².